The minimum Gasteiger partial charge on any atom is -0.488 e. The van der Waals surface area contributed by atoms with E-state index in [4.69, 9.17) is 13.9 Å². The van der Waals surface area contributed by atoms with Crippen LogP contribution in [0.2, 0.25) is 0 Å². The molecule has 1 aliphatic rings. The van der Waals surface area contributed by atoms with Gasteiger partial charge < -0.3 is 13.9 Å². The Bertz CT molecular complexity index is 1020. The molecule has 2 aromatic carbocycles. The van der Waals surface area contributed by atoms with E-state index in [0.29, 0.717) is 18.1 Å². The summed E-state index contributed by atoms with van der Waals surface area (Å²) in [6.07, 6.45) is 3.15. The Balaban J connectivity index is 1.56. The van der Waals surface area contributed by atoms with Crippen LogP contribution in [-0.4, -0.2) is 11.9 Å². The summed E-state index contributed by atoms with van der Waals surface area (Å²) in [4.78, 5) is 16.3. The average Bonchev–Trinajstić information content (AvgIpc) is 3.33. The highest BCUT2D eigenvalue weighted by atomic mass is 79.9. The van der Waals surface area contributed by atoms with Crippen LogP contribution in [0.4, 0.5) is 0 Å². The first kappa shape index (κ1) is 17.3. The topological polar surface area (TPSA) is 61.0 Å². The highest BCUT2D eigenvalue weighted by molar-refractivity contribution is 9.10. The molecule has 3 aromatic rings. The third-order valence-electron chi connectivity index (χ3n) is 3.87. The first-order chi connectivity index (χ1) is 13.2. The number of hydrogen-bond donors (Lipinski definition) is 0. The van der Waals surface area contributed by atoms with Crippen molar-refractivity contribution in [1.29, 1.82) is 0 Å². The molecule has 0 bridgehead atoms. The number of cyclic esters (lactones) is 1. The van der Waals surface area contributed by atoms with Crippen molar-refractivity contribution in [3.63, 3.8) is 0 Å². The molecule has 2 heterocycles. The number of benzene rings is 2. The lowest BCUT2D eigenvalue weighted by atomic mass is 10.1. The number of esters is 1. The van der Waals surface area contributed by atoms with Crippen LogP contribution < -0.4 is 4.74 Å². The molecule has 5 nitrogen and oxygen atoms in total. The summed E-state index contributed by atoms with van der Waals surface area (Å²) in [6, 6.07) is 18.7. The summed E-state index contributed by atoms with van der Waals surface area (Å²) in [5.74, 6) is 0.697. The minimum absolute atomic E-state index is 0.157. The van der Waals surface area contributed by atoms with Gasteiger partial charge in [-0.2, -0.15) is 0 Å². The van der Waals surface area contributed by atoms with Crippen molar-refractivity contribution < 1.29 is 18.7 Å². The average molecular weight is 424 g/mol. The lowest BCUT2D eigenvalue weighted by molar-refractivity contribution is -0.130. The summed E-state index contributed by atoms with van der Waals surface area (Å²) < 4.78 is 17.3. The van der Waals surface area contributed by atoms with Crippen LogP contribution in [0.25, 0.3) is 6.08 Å². The number of furan rings is 1. The number of halogens is 1. The fraction of sp³-hybridized carbons (Fsp3) is 0.0476. The lowest BCUT2D eigenvalue weighted by Gasteiger charge is -2.09. The number of aliphatic imine (C=N–C) groups is 1. The van der Waals surface area contributed by atoms with Crippen molar-refractivity contribution in [2.75, 3.05) is 0 Å². The molecular formula is C21H14BrNO4. The Kier molecular flexibility index (Phi) is 4.89. The smallest absolute Gasteiger partial charge is 0.363 e. The predicted octanol–water partition coefficient (Wildman–Crippen LogP) is 4.97. The monoisotopic (exact) mass is 423 g/mol. The van der Waals surface area contributed by atoms with E-state index in [1.807, 2.05) is 48.5 Å². The van der Waals surface area contributed by atoms with Gasteiger partial charge in [-0.05, 0) is 42.0 Å². The van der Waals surface area contributed by atoms with Gasteiger partial charge in [-0.1, -0.05) is 46.3 Å². The molecule has 0 radical (unpaired) electrons. The molecule has 27 heavy (non-hydrogen) atoms. The van der Waals surface area contributed by atoms with Crippen molar-refractivity contribution >= 4 is 33.9 Å². The summed E-state index contributed by atoms with van der Waals surface area (Å²) in [5.41, 5.74) is 1.98. The highest BCUT2D eigenvalue weighted by Crippen LogP contribution is 2.25. The predicted molar refractivity (Wildman–Crippen MR) is 104 cm³/mol. The van der Waals surface area contributed by atoms with Crippen LogP contribution in [0.1, 0.15) is 16.9 Å². The van der Waals surface area contributed by atoms with Gasteiger partial charge in [0.05, 0.1) is 6.26 Å². The molecule has 134 valence electrons. The van der Waals surface area contributed by atoms with E-state index < -0.39 is 5.97 Å². The maximum absolute atomic E-state index is 12.1. The van der Waals surface area contributed by atoms with Gasteiger partial charge in [0.25, 0.3) is 5.90 Å². The Hall–Kier alpha value is -3.12. The molecule has 0 amide bonds. The van der Waals surface area contributed by atoms with E-state index in [9.17, 15) is 4.79 Å². The van der Waals surface area contributed by atoms with Gasteiger partial charge in [-0.3, -0.25) is 0 Å². The van der Waals surface area contributed by atoms with Crippen LogP contribution in [-0.2, 0) is 16.1 Å². The Labute approximate surface area is 164 Å². The number of carbonyl (C=O) groups excluding carboxylic acids is 1. The summed E-state index contributed by atoms with van der Waals surface area (Å²) >= 11 is 3.42. The van der Waals surface area contributed by atoms with E-state index in [1.54, 1.807) is 18.2 Å². The molecule has 0 atom stereocenters. The van der Waals surface area contributed by atoms with Crippen LogP contribution in [0.5, 0.6) is 5.75 Å². The van der Waals surface area contributed by atoms with Crippen molar-refractivity contribution in [1.82, 2.24) is 0 Å². The number of ether oxygens (including phenoxy) is 2. The largest absolute Gasteiger partial charge is 0.488 e. The first-order valence-electron chi connectivity index (χ1n) is 8.22. The van der Waals surface area contributed by atoms with Gasteiger partial charge in [0.15, 0.2) is 11.5 Å². The summed E-state index contributed by atoms with van der Waals surface area (Å²) in [5, 5.41) is 0. The second-order valence-electron chi connectivity index (χ2n) is 5.77. The van der Waals surface area contributed by atoms with Crippen molar-refractivity contribution in [3.8, 4) is 5.75 Å². The van der Waals surface area contributed by atoms with Gasteiger partial charge in [0, 0.05) is 10.0 Å². The van der Waals surface area contributed by atoms with Gasteiger partial charge >= 0.3 is 5.97 Å². The van der Waals surface area contributed by atoms with Crippen LogP contribution >= 0.6 is 15.9 Å². The molecule has 0 fully saturated rings. The van der Waals surface area contributed by atoms with Crippen LogP contribution in [0.3, 0.4) is 0 Å². The van der Waals surface area contributed by atoms with Crippen molar-refractivity contribution in [2.24, 2.45) is 4.99 Å². The zero-order valence-corrected chi connectivity index (χ0v) is 15.7. The van der Waals surface area contributed by atoms with E-state index in [-0.39, 0.29) is 11.6 Å². The molecule has 0 saturated carbocycles. The van der Waals surface area contributed by atoms with Gasteiger partial charge in [0.2, 0.25) is 0 Å². The summed E-state index contributed by atoms with van der Waals surface area (Å²) in [6.45, 7) is 0.416. The second kappa shape index (κ2) is 7.63. The first-order valence-corrected chi connectivity index (χ1v) is 9.01. The fourth-order valence-corrected chi connectivity index (χ4v) is 2.80. The Morgan fingerprint density at radius 3 is 2.63 bits per heavy atom. The van der Waals surface area contributed by atoms with E-state index in [2.05, 4.69) is 20.9 Å². The lowest BCUT2D eigenvalue weighted by Crippen LogP contribution is -2.04. The number of rotatable bonds is 5. The van der Waals surface area contributed by atoms with Crippen molar-refractivity contribution in [3.05, 3.63) is 94.0 Å². The van der Waals surface area contributed by atoms with E-state index in [1.165, 1.54) is 6.26 Å². The SMILES string of the molecule is O=C1OC(c2ccco2)=N/C1=C\c1ccccc1OCc1ccc(Br)cc1. The molecule has 4 rings (SSSR count). The van der Waals surface area contributed by atoms with Crippen LogP contribution in [0, 0.1) is 0 Å². The molecular weight excluding hydrogens is 410 g/mol. The van der Waals surface area contributed by atoms with Crippen LogP contribution in [0.15, 0.2) is 86.5 Å². The Morgan fingerprint density at radius 1 is 1.04 bits per heavy atom. The van der Waals surface area contributed by atoms with Gasteiger partial charge in [-0.25, -0.2) is 9.79 Å². The second-order valence-corrected chi connectivity index (χ2v) is 6.68. The molecule has 0 spiro atoms. The number of hydrogen-bond acceptors (Lipinski definition) is 5. The molecule has 0 unspecified atom stereocenters. The van der Waals surface area contributed by atoms with Gasteiger partial charge in [-0.15, -0.1) is 0 Å². The third kappa shape index (κ3) is 4.01. The molecule has 6 heteroatoms. The normalized spacial score (nSPS) is 14.9. The van der Waals surface area contributed by atoms with E-state index in [0.717, 1.165) is 15.6 Å². The maximum Gasteiger partial charge on any atom is 0.363 e. The maximum atomic E-state index is 12.1. The molecule has 1 aliphatic heterocycles. The zero-order valence-electron chi connectivity index (χ0n) is 14.1. The highest BCUT2D eigenvalue weighted by Gasteiger charge is 2.26. The molecule has 0 saturated heterocycles. The molecule has 0 N–H and O–H groups in total. The van der Waals surface area contributed by atoms with Crippen molar-refractivity contribution in [2.45, 2.75) is 6.61 Å². The van der Waals surface area contributed by atoms with E-state index >= 15 is 0 Å². The zero-order chi connectivity index (χ0) is 18.6. The molecule has 0 aliphatic carbocycles. The summed E-state index contributed by atoms with van der Waals surface area (Å²) in [7, 11) is 0. The minimum atomic E-state index is -0.524. The number of carbonyl (C=O) groups is 1. The quantitative estimate of drug-likeness (QED) is 0.429. The Morgan fingerprint density at radius 2 is 1.85 bits per heavy atom. The van der Waals surface area contributed by atoms with Gasteiger partial charge in [0.1, 0.15) is 12.4 Å². The fourth-order valence-electron chi connectivity index (χ4n) is 2.54. The standard InChI is InChI=1S/C21H14BrNO4/c22-16-9-7-14(8-10-16)13-26-18-5-2-1-4-15(18)12-17-21(24)27-20(23-17)19-6-3-11-25-19/h1-12H,13H2/b17-12-. The number of nitrogens with zero attached hydrogens (tertiary/aromatic N) is 1. The molecule has 1 aromatic heterocycles. The third-order valence-corrected chi connectivity index (χ3v) is 4.40. The number of para-hydroxylation sites is 1.